The van der Waals surface area contributed by atoms with Gasteiger partial charge in [-0.25, -0.2) is 0 Å². The van der Waals surface area contributed by atoms with Crippen LogP contribution in [0.4, 0.5) is 0 Å². The Kier molecular flexibility index (Phi) is 5.07. The minimum Gasteiger partial charge on any atom is -0.393 e. The number of carbonyl (C=O) groups is 1. The summed E-state index contributed by atoms with van der Waals surface area (Å²) in [5.41, 5.74) is 1.67. The van der Waals surface area contributed by atoms with E-state index < -0.39 is 6.10 Å². The highest BCUT2D eigenvalue weighted by Gasteiger charge is 2.69. The number of fused-ring (bicyclic) bond motifs is 6. The molecule has 0 amide bonds. The van der Waals surface area contributed by atoms with Gasteiger partial charge in [0.2, 0.25) is 0 Å². The molecule has 9 atom stereocenters. The van der Waals surface area contributed by atoms with Gasteiger partial charge in [0.25, 0.3) is 0 Å². The maximum absolute atomic E-state index is 14.1. The van der Waals surface area contributed by atoms with E-state index in [4.69, 9.17) is 0 Å². The van der Waals surface area contributed by atoms with Crippen molar-refractivity contribution < 1.29 is 15.0 Å². The lowest BCUT2D eigenvalue weighted by Gasteiger charge is -2.67. The molecule has 186 valence electrons. The minimum atomic E-state index is -0.540. The molecule has 0 radical (unpaired) electrons. The number of carbonyl (C=O) groups excluding carboxylic acids is 1. The maximum Gasteiger partial charge on any atom is 0.159 e. The molecule has 2 N–H and O–H groups in total. The molecule has 3 nitrogen and oxygen atoms in total. The summed E-state index contributed by atoms with van der Waals surface area (Å²) in [6.07, 6.45) is 6.77. The largest absolute Gasteiger partial charge is 0.393 e. The Labute approximate surface area is 201 Å². The summed E-state index contributed by atoms with van der Waals surface area (Å²) in [6.45, 7) is 18.7. The van der Waals surface area contributed by atoms with Crippen molar-refractivity contribution in [3.8, 4) is 0 Å². The van der Waals surface area contributed by atoms with Crippen LogP contribution in [0.5, 0.6) is 0 Å². The van der Waals surface area contributed by atoms with Gasteiger partial charge in [-0.05, 0) is 95.9 Å². The Hall–Kier alpha value is -0.670. The minimum absolute atomic E-state index is 0.0511. The van der Waals surface area contributed by atoms with Gasteiger partial charge in [-0.15, -0.1) is 0 Å². The first-order valence-electron chi connectivity index (χ1n) is 13.8. The number of rotatable bonds is 1. The molecule has 3 saturated carbocycles. The molecule has 5 aliphatic carbocycles. The average molecular weight is 457 g/mol. The van der Waals surface area contributed by atoms with E-state index in [1.165, 1.54) is 19.3 Å². The van der Waals surface area contributed by atoms with Crippen molar-refractivity contribution in [1.29, 1.82) is 0 Å². The standard InChI is InChI=1S/C30H48O3/c1-17(2)18-9-10-21-27(18,5)13-14-29(7)25-19(31)15-22-26(3,4)23(33)11-12-28(22,6)24(25)20(32)16-30(21,29)8/h17-18,20-23,32-33H,9-16H2,1-8H3/t18-,20+,21-,22-,23+,27-,28+,29-,30+/m1/s1. The summed E-state index contributed by atoms with van der Waals surface area (Å²) in [5, 5.41) is 22.7. The predicted octanol–water partition coefficient (Wildman–Crippen LogP) is 6.32. The topological polar surface area (TPSA) is 57.5 Å². The third kappa shape index (κ3) is 2.73. The molecular weight excluding hydrogens is 408 g/mol. The van der Waals surface area contributed by atoms with Crippen LogP contribution in [0.15, 0.2) is 11.1 Å². The van der Waals surface area contributed by atoms with Gasteiger partial charge in [0.1, 0.15) is 0 Å². The number of hydrogen-bond donors (Lipinski definition) is 2. The Morgan fingerprint density at radius 3 is 2.18 bits per heavy atom. The highest BCUT2D eigenvalue weighted by atomic mass is 16.3. The van der Waals surface area contributed by atoms with Gasteiger partial charge in [-0.2, -0.15) is 0 Å². The third-order valence-electron chi connectivity index (χ3n) is 12.9. The molecule has 0 heterocycles. The van der Waals surface area contributed by atoms with Crippen molar-refractivity contribution in [3.63, 3.8) is 0 Å². The Bertz CT molecular complexity index is 900. The van der Waals surface area contributed by atoms with Crippen LogP contribution in [0.2, 0.25) is 0 Å². The second-order valence-corrected chi connectivity index (χ2v) is 14.7. The van der Waals surface area contributed by atoms with E-state index >= 15 is 0 Å². The molecule has 5 rings (SSSR count). The van der Waals surface area contributed by atoms with Gasteiger partial charge in [0.05, 0.1) is 12.2 Å². The first kappa shape index (κ1) is 24.0. The van der Waals surface area contributed by atoms with Gasteiger partial charge in [0, 0.05) is 17.4 Å². The first-order valence-corrected chi connectivity index (χ1v) is 13.8. The lowest BCUT2D eigenvalue weighted by Crippen LogP contribution is -2.63. The molecule has 0 aromatic heterocycles. The van der Waals surface area contributed by atoms with Gasteiger partial charge in [-0.3, -0.25) is 4.79 Å². The van der Waals surface area contributed by atoms with Crippen molar-refractivity contribution in [1.82, 2.24) is 0 Å². The van der Waals surface area contributed by atoms with Crippen molar-refractivity contribution in [2.75, 3.05) is 0 Å². The molecule has 0 aromatic rings. The van der Waals surface area contributed by atoms with E-state index in [0.717, 1.165) is 42.7 Å². The SMILES string of the molecule is CC(C)[C@H]1CC[C@@H]2[C@]1(C)CC[C@]1(C)C3=C([C@@H](O)C[C@@]21C)[C@@]1(C)CC[C@H](O)C(C)(C)[C@H]1CC3=O. The van der Waals surface area contributed by atoms with Gasteiger partial charge in [-0.1, -0.05) is 55.4 Å². The van der Waals surface area contributed by atoms with Crippen molar-refractivity contribution in [2.45, 2.75) is 119 Å². The summed E-state index contributed by atoms with van der Waals surface area (Å²) in [4.78, 5) is 14.1. The predicted molar refractivity (Wildman–Crippen MR) is 132 cm³/mol. The Balaban J connectivity index is 1.66. The molecule has 0 aliphatic heterocycles. The lowest BCUT2D eigenvalue weighted by molar-refractivity contribution is -0.156. The van der Waals surface area contributed by atoms with Crippen LogP contribution < -0.4 is 0 Å². The van der Waals surface area contributed by atoms with Gasteiger partial charge < -0.3 is 10.2 Å². The quantitative estimate of drug-likeness (QED) is 0.485. The fourth-order valence-corrected chi connectivity index (χ4v) is 11.0. The van der Waals surface area contributed by atoms with Crippen LogP contribution >= 0.6 is 0 Å². The van der Waals surface area contributed by atoms with Crippen molar-refractivity contribution in [2.24, 2.45) is 50.7 Å². The lowest BCUT2D eigenvalue weighted by atomic mass is 9.37. The van der Waals surface area contributed by atoms with Gasteiger partial charge in [0.15, 0.2) is 5.78 Å². The highest BCUT2D eigenvalue weighted by molar-refractivity contribution is 5.99. The van der Waals surface area contributed by atoms with E-state index in [1.807, 2.05) is 0 Å². The molecule has 5 aliphatic rings. The summed E-state index contributed by atoms with van der Waals surface area (Å²) in [6, 6.07) is 0. The zero-order valence-corrected chi connectivity index (χ0v) is 22.4. The molecule has 33 heavy (non-hydrogen) atoms. The van der Waals surface area contributed by atoms with Crippen molar-refractivity contribution in [3.05, 3.63) is 11.1 Å². The van der Waals surface area contributed by atoms with E-state index in [1.54, 1.807) is 0 Å². The Morgan fingerprint density at radius 1 is 0.879 bits per heavy atom. The number of allylic oxidation sites excluding steroid dienone is 1. The van der Waals surface area contributed by atoms with Crippen LogP contribution in [0, 0.1) is 50.7 Å². The second-order valence-electron chi connectivity index (χ2n) is 14.7. The molecule has 3 heteroatoms. The average Bonchev–Trinajstić information content (AvgIpc) is 3.07. The fraction of sp³-hybridized carbons (Fsp3) is 0.900. The summed E-state index contributed by atoms with van der Waals surface area (Å²) < 4.78 is 0. The zero-order chi connectivity index (χ0) is 24.4. The Morgan fingerprint density at radius 2 is 1.55 bits per heavy atom. The maximum atomic E-state index is 14.1. The van der Waals surface area contributed by atoms with E-state index in [2.05, 4.69) is 55.4 Å². The molecule has 0 saturated heterocycles. The highest BCUT2D eigenvalue weighted by Crippen LogP contribution is 2.75. The molecule has 0 bridgehead atoms. The van der Waals surface area contributed by atoms with Crippen LogP contribution in [-0.2, 0) is 4.79 Å². The monoisotopic (exact) mass is 456 g/mol. The third-order valence-corrected chi connectivity index (χ3v) is 12.9. The number of ketones is 1. The van der Waals surface area contributed by atoms with Crippen LogP contribution in [0.25, 0.3) is 0 Å². The molecule has 0 unspecified atom stereocenters. The van der Waals surface area contributed by atoms with E-state index in [9.17, 15) is 15.0 Å². The smallest absolute Gasteiger partial charge is 0.159 e. The summed E-state index contributed by atoms with van der Waals surface area (Å²) in [5.74, 6) is 2.34. The normalized spacial score (nSPS) is 53.4. The van der Waals surface area contributed by atoms with E-state index in [-0.39, 0.29) is 39.5 Å². The molecule has 0 aromatic carbocycles. The summed E-state index contributed by atoms with van der Waals surface area (Å²) >= 11 is 0. The number of aliphatic hydroxyl groups excluding tert-OH is 2. The van der Waals surface area contributed by atoms with E-state index in [0.29, 0.717) is 23.7 Å². The molecular formula is C30H48O3. The summed E-state index contributed by atoms with van der Waals surface area (Å²) in [7, 11) is 0. The van der Waals surface area contributed by atoms with Crippen LogP contribution in [-0.4, -0.2) is 28.2 Å². The van der Waals surface area contributed by atoms with Gasteiger partial charge >= 0.3 is 0 Å². The fourth-order valence-electron chi connectivity index (χ4n) is 11.0. The molecule has 0 spiro atoms. The number of Topliss-reactive ketones (excluding diaryl/α,β-unsaturated/α-hetero) is 1. The van der Waals surface area contributed by atoms with Crippen LogP contribution in [0.3, 0.4) is 0 Å². The van der Waals surface area contributed by atoms with Crippen LogP contribution in [0.1, 0.15) is 107 Å². The molecule has 3 fully saturated rings. The number of aliphatic hydroxyl groups is 2. The first-order chi connectivity index (χ1) is 15.1. The zero-order valence-electron chi connectivity index (χ0n) is 22.4. The second kappa shape index (κ2) is 6.96. The van der Waals surface area contributed by atoms with Crippen molar-refractivity contribution >= 4 is 5.78 Å². The number of hydrogen-bond acceptors (Lipinski definition) is 3.